The first-order valence-corrected chi connectivity index (χ1v) is 16.1. The van der Waals surface area contributed by atoms with Crippen molar-refractivity contribution in [2.75, 3.05) is 21.7 Å². The summed E-state index contributed by atoms with van der Waals surface area (Å²) in [6, 6.07) is 11.3. The highest BCUT2D eigenvalue weighted by molar-refractivity contribution is 7.92. The molecule has 2 aliphatic rings. The number of hydrogen-bond donors (Lipinski definition) is 6. The van der Waals surface area contributed by atoms with Crippen LogP contribution in [0.3, 0.4) is 0 Å². The number of phenolic OH excluding ortho intramolecular Hbond substituents is 2. The van der Waals surface area contributed by atoms with Gasteiger partial charge in [0.05, 0.1) is 17.6 Å². The van der Waals surface area contributed by atoms with Crippen LogP contribution in [0, 0.1) is 0 Å². The zero-order valence-corrected chi connectivity index (χ0v) is 24.6. The van der Waals surface area contributed by atoms with Crippen LogP contribution in [0.2, 0.25) is 0 Å². The molecular weight excluding hydrogens is 616 g/mol. The van der Waals surface area contributed by atoms with Crippen molar-refractivity contribution >= 4 is 43.6 Å². The highest BCUT2D eigenvalue weighted by atomic mass is 32.2. The summed E-state index contributed by atoms with van der Waals surface area (Å²) >= 11 is 0. The summed E-state index contributed by atoms with van der Waals surface area (Å²) in [5, 5.41) is 33.4. The molecule has 232 valence electrons. The molecule has 0 saturated carbocycles. The number of aromatic hydroxyl groups is 2. The molecule has 0 radical (unpaired) electrons. The second-order valence-corrected chi connectivity index (χ2v) is 13.1. The number of phenols is 2. The molecule has 0 spiro atoms. The number of nitrogens with zero attached hydrogens (tertiary/aromatic N) is 4. The predicted molar refractivity (Wildman–Crippen MR) is 157 cm³/mol. The van der Waals surface area contributed by atoms with E-state index in [-0.39, 0.29) is 36.0 Å². The maximum absolute atomic E-state index is 11.8. The standard InChI is InChI=1S/2C13H14N4O4S/c18-12-7-9(1-3-10-5-6-14-15-10)2-4-11(12)17-8-13(19)16-22(17,20)21;18-12-5-9(1-2-10-6-14-15-7-10)3-4-11(12)17-8-13(19)16-22(17,20)21/h2,4-7,18H,1,3,8H2,(H,14,15)(H,16,19);3-7,18H,1-2,8H2,(H,14,15)(H,16,19). The molecule has 2 amide bonds. The van der Waals surface area contributed by atoms with Gasteiger partial charge < -0.3 is 10.2 Å². The Bertz CT molecular complexity index is 1740. The number of hydrogen-bond acceptors (Lipinski definition) is 10. The van der Waals surface area contributed by atoms with Crippen LogP contribution in [0.4, 0.5) is 11.4 Å². The molecular formula is C26H28N8O8S2. The molecule has 2 aromatic heterocycles. The van der Waals surface area contributed by atoms with Crippen LogP contribution >= 0.6 is 0 Å². The Kier molecular flexibility index (Phi) is 8.45. The summed E-state index contributed by atoms with van der Waals surface area (Å²) in [6.45, 7) is -0.659. The van der Waals surface area contributed by atoms with Gasteiger partial charge in [0.25, 0.3) is 11.8 Å². The first-order valence-electron chi connectivity index (χ1n) is 13.2. The van der Waals surface area contributed by atoms with Crippen LogP contribution in [-0.4, -0.2) is 72.3 Å². The van der Waals surface area contributed by atoms with Crippen molar-refractivity contribution in [2.45, 2.75) is 25.7 Å². The van der Waals surface area contributed by atoms with Crippen molar-refractivity contribution in [2.24, 2.45) is 0 Å². The van der Waals surface area contributed by atoms with Crippen molar-refractivity contribution in [3.05, 3.63) is 83.4 Å². The fraction of sp³-hybridized carbons (Fsp3) is 0.231. The minimum Gasteiger partial charge on any atom is -0.506 e. The zero-order valence-electron chi connectivity index (χ0n) is 23.0. The Morgan fingerprint density at radius 2 is 1.23 bits per heavy atom. The van der Waals surface area contributed by atoms with Gasteiger partial charge >= 0.3 is 20.4 Å². The number of aryl methyl sites for hydroxylation is 4. The molecule has 0 aliphatic carbocycles. The third-order valence-electron chi connectivity index (χ3n) is 6.76. The molecule has 0 bridgehead atoms. The second kappa shape index (κ2) is 12.3. The van der Waals surface area contributed by atoms with E-state index in [1.165, 1.54) is 24.3 Å². The van der Waals surface area contributed by atoms with Gasteiger partial charge in [0.15, 0.2) is 0 Å². The Balaban J connectivity index is 0.000000175. The van der Waals surface area contributed by atoms with Crippen molar-refractivity contribution in [1.29, 1.82) is 0 Å². The molecule has 44 heavy (non-hydrogen) atoms. The number of benzene rings is 2. The average molecular weight is 645 g/mol. The third-order valence-corrected chi connectivity index (χ3v) is 9.54. The summed E-state index contributed by atoms with van der Waals surface area (Å²) < 4.78 is 52.5. The SMILES string of the molecule is O=C1CN(c2ccc(CCc3ccn[nH]3)cc2O)S(=O)(=O)N1.O=C1CN(c2ccc(CCc3cn[nH]c3)cc2O)S(=O)(=O)N1. The molecule has 18 heteroatoms. The van der Waals surface area contributed by atoms with Gasteiger partial charge in [0.1, 0.15) is 24.6 Å². The first kappa shape index (κ1) is 30.4. The van der Waals surface area contributed by atoms with Gasteiger partial charge in [-0.25, -0.2) is 18.1 Å². The molecule has 0 atom stereocenters. The van der Waals surface area contributed by atoms with Crippen molar-refractivity contribution in [3.63, 3.8) is 0 Å². The first-order chi connectivity index (χ1) is 20.9. The van der Waals surface area contributed by atoms with E-state index in [4.69, 9.17) is 0 Å². The van der Waals surface area contributed by atoms with E-state index in [9.17, 15) is 36.6 Å². The highest BCUT2D eigenvalue weighted by Crippen LogP contribution is 2.32. The minimum atomic E-state index is -3.91. The van der Waals surface area contributed by atoms with Gasteiger partial charge in [-0.05, 0) is 72.7 Å². The number of rotatable bonds is 8. The number of carbonyl (C=O) groups excluding carboxylic acids is 2. The summed E-state index contributed by atoms with van der Waals surface area (Å²) in [6.07, 6.45) is 8.00. The molecule has 6 rings (SSSR count). The van der Waals surface area contributed by atoms with Gasteiger partial charge in [-0.1, -0.05) is 12.1 Å². The molecule has 2 saturated heterocycles. The lowest BCUT2D eigenvalue weighted by atomic mass is 10.1. The molecule has 4 heterocycles. The summed E-state index contributed by atoms with van der Waals surface area (Å²) in [4.78, 5) is 22.5. The Morgan fingerprint density at radius 3 is 1.64 bits per heavy atom. The van der Waals surface area contributed by atoms with E-state index >= 15 is 0 Å². The van der Waals surface area contributed by atoms with Gasteiger partial charge in [-0.2, -0.15) is 27.0 Å². The van der Waals surface area contributed by atoms with Crippen LogP contribution in [0.15, 0.2) is 61.1 Å². The lowest BCUT2D eigenvalue weighted by Gasteiger charge is -2.16. The van der Waals surface area contributed by atoms with E-state index in [2.05, 4.69) is 20.4 Å². The topological polar surface area (TPSA) is 231 Å². The number of aromatic amines is 2. The van der Waals surface area contributed by atoms with E-state index in [0.717, 1.165) is 43.8 Å². The largest absolute Gasteiger partial charge is 0.506 e. The number of amides is 2. The molecule has 6 N–H and O–H groups in total. The van der Waals surface area contributed by atoms with E-state index in [1.54, 1.807) is 30.7 Å². The van der Waals surface area contributed by atoms with Gasteiger partial charge in [0.2, 0.25) is 0 Å². The fourth-order valence-electron chi connectivity index (χ4n) is 4.60. The molecule has 2 aliphatic heterocycles. The predicted octanol–water partition coefficient (Wildman–Crippen LogP) is 0.163. The number of carbonyl (C=O) groups is 2. The average Bonchev–Trinajstić information content (AvgIpc) is 3.75. The number of aromatic nitrogens is 4. The van der Waals surface area contributed by atoms with Gasteiger partial charge in [-0.3, -0.25) is 19.8 Å². The second-order valence-electron chi connectivity index (χ2n) is 9.91. The minimum absolute atomic E-state index is 0.0867. The fourth-order valence-corrected chi connectivity index (χ4v) is 6.93. The Hall–Kier alpha value is -5.10. The van der Waals surface area contributed by atoms with Crippen molar-refractivity contribution in [1.82, 2.24) is 29.8 Å². The maximum Gasteiger partial charge on any atom is 0.326 e. The lowest BCUT2D eigenvalue weighted by Crippen LogP contribution is -2.29. The highest BCUT2D eigenvalue weighted by Gasteiger charge is 2.36. The summed E-state index contributed by atoms with van der Waals surface area (Å²) in [5.41, 5.74) is 3.90. The summed E-state index contributed by atoms with van der Waals surface area (Å²) in [7, 11) is -7.82. The van der Waals surface area contributed by atoms with Crippen LogP contribution in [0.1, 0.15) is 22.4 Å². The molecule has 0 unspecified atom stereocenters. The van der Waals surface area contributed by atoms with Crippen LogP contribution in [-0.2, 0) is 55.7 Å². The molecule has 2 fully saturated rings. The van der Waals surface area contributed by atoms with Crippen LogP contribution in [0.25, 0.3) is 0 Å². The normalized spacial score (nSPS) is 16.7. The zero-order chi connectivity index (χ0) is 31.5. The maximum atomic E-state index is 11.8. The van der Waals surface area contributed by atoms with Crippen molar-refractivity contribution in [3.8, 4) is 11.5 Å². The Morgan fingerprint density at radius 1 is 0.705 bits per heavy atom. The number of H-pyrrole nitrogens is 2. The van der Waals surface area contributed by atoms with Crippen LogP contribution in [0.5, 0.6) is 11.5 Å². The number of nitrogens with one attached hydrogen (secondary N) is 4. The quantitative estimate of drug-likeness (QED) is 0.152. The molecule has 4 aromatic rings. The van der Waals surface area contributed by atoms with E-state index in [1.807, 2.05) is 15.5 Å². The monoisotopic (exact) mass is 644 g/mol. The van der Waals surface area contributed by atoms with Crippen LogP contribution < -0.4 is 18.1 Å². The lowest BCUT2D eigenvalue weighted by molar-refractivity contribution is -0.118. The van der Waals surface area contributed by atoms with E-state index in [0.29, 0.717) is 12.8 Å². The third kappa shape index (κ3) is 6.92. The summed E-state index contributed by atoms with van der Waals surface area (Å²) in [5.74, 6) is -1.60. The number of anilines is 2. The molecule has 2 aromatic carbocycles. The Labute approximate surface area is 252 Å². The van der Waals surface area contributed by atoms with Gasteiger partial charge in [-0.15, -0.1) is 0 Å². The van der Waals surface area contributed by atoms with Gasteiger partial charge in [0, 0.05) is 18.1 Å². The van der Waals surface area contributed by atoms with Crippen molar-refractivity contribution < 1.29 is 36.6 Å². The smallest absolute Gasteiger partial charge is 0.326 e. The molecule has 16 nitrogen and oxygen atoms in total. The van der Waals surface area contributed by atoms with E-state index < -0.39 is 32.2 Å².